The van der Waals surface area contributed by atoms with Crippen LogP contribution >= 0.6 is 11.6 Å². The number of halogens is 2. The van der Waals surface area contributed by atoms with Gasteiger partial charge >= 0.3 is 0 Å². The molecule has 0 heterocycles. The minimum atomic E-state index is -3.80. The molecule has 0 aliphatic carbocycles. The van der Waals surface area contributed by atoms with E-state index < -0.39 is 27.8 Å². The molecule has 1 amide bonds. The van der Waals surface area contributed by atoms with E-state index in [1.54, 1.807) is 12.1 Å². The van der Waals surface area contributed by atoms with Crippen LogP contribution < -0.4 is 14.4 Å². The number of carbonyl (C=O) groups is 1. The maximum atomic E-state index is 13.1. The molecule has 0 fully saturated rings. The molecule has 0 saturated heterocycles. The molecule has 26 heavy (non-hydrogen) atoms. The molecule has 1 atom stereocenters. The number of benzene rings is 2. The van der Waals surface area contributed by atoms with Crippen LogP contribution in [0.4, 0.5) is 15.8 Å². The number of anilines is 2. The fourth-order valence-corrected chi connectivity index (χ4v) is 3.76. The first-order valence-electron chi connectivity index (χ1n) is 7.53. The van der Waals surface area contributed by atoms with E-state index in [2.05, 4.69) is 5.32 Å². The molecular weight excluding hydrogens is 383 g/mol. The summed E-state index contributed by atoms with van der Waals surface area (Å²) >= 11 is 5.93. The SMILES string of the molecule is COc1ccc(Cl)cc1NC(=O)[C@H](C)N(c1ccc(F)cc1)S(C)(=O)=O. The molecule has 0 unspecified atom stereocenters. The zero-order chi connectivity index (χ0) is 19.5. The highest BCUT2D eigenvalue weighted by Gasteiger charge is 2.29. The number of hydrogen-bond donors (Lipinski definition) is 1. The molecular formula is C17H18ClFN2O4S. The van der Waals surface area contributed by atoms with Gasteiger partial charge in [-0.25, -0.2) is 12.8 Å². The summed E-state index contributed by atoms with van der Waals surface area (Å²) in [6.07, 6.45) is 0.972. The molecule has 0 aliphatic rings. The van der Waals surface area contributed by atoms with Crippen LogP contribution in [-0.2, 0) is 14.8 Å². The lowest BCUT2D eigenvalue weighted by atomic mass is 10.2. The van der Waals surface area contributed by atoms with Gasteiger partial charge in [0.1, 0.15) is 17.6 Å². The Morgan fingerprint density at radius 2 is 1.85 bits per heavy atom. The first-order valence-corrected chi connectivity index (χ1v) is 9.75. The second-order valence-corrected chi connectivity index (χ2v) is 7.84. The summed E-state index contributed by atoms with van der Waals surface area (Å²) in [5.74, 6) is -0.731. The van der Waals surface area contributed by atoms with Crippen LogP contribution in [0.15, 0.2) is 42.5 Å². The third-order valence-electron chi connectivity index (χ3n) is 3.59. The van der Waals surface area contributed by atoms with E-state index >= 15 is 0 Å². The number of ether oxygens (including phenoxy) is 1. The number of hydrogen-bond acceptors (Lipinski definition) is 4. The number of carbonyl (C=O) groups excluding carboxylic acids is 1. The lowest BCUT2D eigenvalue weighted by molar-refractivity contribution is -0.116. The van der Waals surface area contributed by atoms with Gasteiger partial charge in [-0.1, -0.05) is 11.6 Å². The topological polar surface area (TPSA) is 75.7 Å². The fourth-order valence-electron chi connectivity index (χ4n) is 2.41. The van der Waals surface area contributed by atoms with Gasteiger partial charge in [0, 0.05) is 5.02 Å². The lowest BCUT2D eigenvalue weighted by Crippen LogP contribution is -2.45. The van der Waals surface area contributed by atoms with Crippen molar-refractivity contribution < 1.29 is 22.3 Å². The monoisotopic (exact) mass is 400 g/mol. The Morgan fingerprint density at radius 1 is 1.23 bits per heavy atom. The quantitative estimate of drug-likeness (QED) is 0.807. The van der Waals surface area contributed by atoms with Gasteiger partial charge < -0.3 is 10.1 Å². The second-order valence-electron chi connectivity index (χ2n) is 5.55. The van der Waals surface area contributed by atoms with Gasteiger partial charge in [-0.2, -0.15) is 0 Å². The van der Waals surface area contributed by atoms with Crippen molar-refractivity contribution >= 4 is 38.9 Å². The first kappa shape index (κ1) is 20.0. The standard InChI is InChI=1S/C17H18ClFN2O4S/c1-11(17(22)20-15-10-12(18)4-9-16(15)25-2)21(26(3,23)24)14-7-5-13(19)6-8-14/h4-11H,1-3H3,(H,20,22)/t11-/m0/s1. The predicted molar refractivity (Wildman–Crippen MR) is 99.8 cm³/mol. The average molecular weight is 401 g/mol. The maximum absolute atomic E-state index is 13.1. The summed E-state index contributed by atoms with van der Waals surface area (Å²) in [4.78, 5) is 12.6. The summed E-state index contributed by atoms with van der Waals surface area (Å²) in [5.41, 5.74) is 0.485. The zero-order valence-corrected chi connectivity index (χ0v) is 15.9. The molecule has 140 valence electrons. The Kier molecular flexibility index (Phi) is 6.09. The molecule has 9 heteroatoms. The van der Waals surface area contributed by atoms with Gasteiger partial charge in [-0.15, -0.1) is 0 Å². The summed E-state index contributed by atoms with van der Waals surface area (Å²) in [5, 5.41) is 2.99. The van der Waals surface area contributed by atoms with Crippen molar-refractivity contribution in [2.24, 2.45) is 0 Å². The first-order chi connectivity index (χ1) is 12.1. The largest absolute Gasteiger partial charge is 0.495 e. The molecule has 1 N–H and O–H groups in total. The van der Waals surface area contributed by atoms with E-state index in [0.717, 1.165) is 22.7 Å². The van der Waals surface area contributed by atoms with E-state index in [-0.39, 0.29) is 5.69 Å². The summed E-state index contributed by atoms with van der Waals surface area (Å²) in [6, 6.07) is 8.40. The van der Waals surface area contributed by atoms with Crippen molar-refractivity contribution in [1.29, 1.82) is 0 Å². The van der Waals surface area contributed by atoms with Crippen LogP contribution in [0.5, 0.6) is 5.75 Å². The van der Waals surface area contributed by atoms with E-state index in [4.69, 9.17) is 16.3 Å². The van der Waals surface area contributed by atoms with Gasteiger partial charge in [0.15, 0.2) is 0 Å². The number of nitrogens with zero attached hydrogens (tertiary/aromatic N) is 1. The Morgan fingerprint density at radius 3 is 2.38 bits per heavy atom. The average Bonchev–Trinajstić information content (AvgIpc) is 2.55. The van der Waals surface area contributed by atoms with Crippen LogP contribution in [0.1, 0.15) is 6.92 Å². The highest BCUT2D eigenvalue weighted by molar-refractivity contribution is 7.92. The van der Waals surface area contributed by atoms with E-state index in [0.29, 0.717) is 16.5 Å². The summed E-state index contributed by atoms with van der Waals surface area (Å²) in [7, 11) is -2.36. The van der Waals surface area contributed by atoms with Crippen molar-refractivity contribution in [3.8, 4) is 5.75 Å². The predicted octanol–water partition coefficient (Wildman–Crippen LogP) is 3.28. The molecule has 0 aliphatic heterocycles. The second kappa shape index (κ2) is 7.92. The highest BCUT2D eigenvalue weighted by Crippen LogP contribution is 2.29. The van der Waals surface area contributed by atoms with Crippen LogP contribution in [0.25, 0.3) is 0 Å². The Bertz CT molecular complexity index is 903. The van der Waals surface area contributed by atoms with Crippen LogP contribution in [-0.4, -0.2) is 33.7 Å². The molecule has 2 aromatic carbocycles. The molecule has 6 nitrogen and oxygen atoms in total. The van der Waals surface area contributed by atoms with Gasteiger partial charge in [-0.3, -0.25) is 9.10 Å². The van der Waals surface area contributed by atoms with E-state index in [9.17, 15) is 17.6 Å². The Hall–Kier alpha value is -2.32. The number of rotatable bonds is 6. The van der Waals surface area contributed by atoms with Crippen molar-refractivity contribution in [3.63, 3.8) is 0 Å². The van der Waals surface area contributed by atoms with Gasteiger partial charge in [0.2, 0.25) is 15.9 Å². The third kappa shape index (κ3) is 4.64. The van der Waals surface area contributed by atoms with Gasteiger partial charge in [-0.05, 0) is 49.4 Å². The Labute approximate surface area is 156 Å². The lowest BCUT2D eigenvalue weighted by Gasteiger charge is -2.28. The van der Waals surface area contributed by atoms with E-state index in [1.165, 1.54) is 32.2 Å². The molecule has 0 radical (unpaired) electrons. The van der Waals surface area contributed by atoms with Crippen molar-refractivity contribution in [2.45, 2.75) is 13.0 Å². The minimum Gasteiger partial charge on any atom is -0.495 e. The normalized spacial score (nSPS) is 12.3. The number of sulfonamides is 1. The summed E-state index contributed by atoms with van der Waals surface area (Å²) in [6.45, 7) is 1.43. The van der Waals surface area contributed by atoms with Crippen molar-refractivity contribution in [2.75, 3.05) is 23.0 Å². The Balaban J connectivity index is 2.34. The molecule has 2 rings (SSSR count). The zero-order valence-electron chi connectivity index (χ0n) is 14.4. The van der Waals surface area contributed by atoms with Crippen LogP contribution in [0, 0.1) is 5.82 Å². The van der Waals surface area contributed by atoms with Gasteiger partial charge in [0.05, 0.1) is 24.7 Å². The van der Waals surface area contributed by atoms with Crippen LogP contribution in [0.3, 0.4) is 0 Å². The molecule has 0 saturated carbocycles. The molecule has 0 bridgehead atoms. The summed E-state index contributed by atoms with van der Waals surface area (Å²) < 4.78 is 43.6. The van der Waals surface area contributed by atoms with E-state index in [1.807, 2.05) is 0 Å². The molecule has 0 spiro atoms. The maximum Gasteiger partial charge on any atom is 0.248 e. The van der Waals surface area contributed by atoms with Crippen LogP contribution in [0.2, 0.25) is 5.02 Å². The van der Waals surface area contributed by atoms with Crippen molar-refractivity contribution in [1.82, 2.24) is 0 Å². The minimum absolute atomic E-state index is 0.176. The fraction of sp³-hybridized carbons (Fsp3) is 0.235. The highest BCUT2D eigenvalue weighted by atomic mass is 35.5. The number of methoxy groups -OCH3 is 1. The third-order valence-corrected chi connectivity index (χ3v) is 5.07. The number of amides is 1. The molecule has 2 aromatic rings. The van der Waals surface area contributed by atoms with Gasteiger partial charge in [0.25, 0.3) is 0 Å². The van der Waals surface area contributed by atoms with Crippen molar-refractivity contribution in [3.05, 3.63) is 53.3 Å². The molecule has 0 aromatic heterocycles. The smallest absolute Gasteiger partial charge is 0.248 e. The number of nitrogens with one attached hydrogen (secondary N) is 1.